The average molecular weight is 251 g/mol. The van der Waals surface area contributed by atoms with Crippen LogP contribution in [0.1, 0.15) is 16.9 Å². The number of fused-ring (bicyclic) bond motifs is 1. The highest BCUT2D eigenvalue weighted by atomic mass is 32.1. The molecule has 2 aromatic heterocycles. The molecule has 2 rings (SSSR count). The van der Waals surface area contributed by atoms with Crippen LogP contribution >= 0.6 is 11.3 Å². The van der Waals surface area contributed by atoms with Crippen molar-refractivity contribution in [3.05, 3.63) is 23.2 Å². The molecule has 0 spiro atoms. The number of thiophene rings is 1. The Morgan fingerprint density at radius 1 is 1.59 bits per heavy atom. The minimum Gasteiger partial charge on any atom is -0.350 e. The van der Waals surface area contributed by atoms with Crippen molar-refractivity contribution >= 4 is 33.9 Å². The molecule has 0 unspecified atom stereocenters. The summed E-state index contributed by atoms with van der Waals surface area (Å²) in [6.45, 7) is 0.808. The van der Waals surface area contributed by atoms with Crippen LogP contribution in [-0.2, 0) is 4.79 Å². The minimum atomic E-state index is -0.308. The quantitative estimate of drug-likeness (QED) is 0.783. The largest absolute Gasteiger partial charge is 0.350 e. The summed E-state index contributed by atoms with van der Waals surface area (Å²) >= 11 is 1.55. The molecule has 2 aromatic rings. The molecular formula is C11H13N3O2S. The van der Waals surface area contributed by atoms with Gasteiger partial charge in [0.1, 0.15) is 5.69 Å². The van der Waals surface area contributed by atoms with E-state index in [-0.39, 0.29) is 5.91 Å². The number of hydrogen-bond acceptors (Lipinski definition) is 4. The molecule has 17 heavy (non-hydrogen) atoms. The summed E-state index contributed by atoms with van der Waals surface area (Å²) in [4.78, 5) is 26.9. The number of amides is 2. The fourth-order valence-electron chi connectivity index (χ4n) is 1.58. The van der Waals surface area contributed by atoms with Crippen LogP contribution in [0.2, 0.25) is 0 Å². The summed E-state index contributed by atoms with van der Waals surface area (Å²) < 4.78 is 1.01. The van der Waals surface area contributed by atoms with E-state index in [2.05, 4.69) is 4.98 Å². The molecule has 3 N–H and O–H groups in total. The fourth-order valence-corrected chi connectivity index (χ4v) is 2.36. The van der Waals surface area contributed by atoms with Gasteiger partial charge in [-0.25, -0.2) is 0 Å². The van der Waals surface area contributed by atoms with E-state index < -0.39 is 0 Å². The Bertz CT molecular complexity index is 503. The molecule has 6 heteroatoms. The number of rotatable bonds is 5. The van der Waals surface area contributed by atoms with Crippen molar-refractivity contribution in [1.29, 1.82) is 0 Å². The van der Waals surface area contributed by atoms with E-state index in [1.807, 2.05) is 11.4 Å². The molecule has 2 amide bonds. The zero-order valence-corrected chi connectivity index (χ0v) is 10.00. The molecule has 0 radical (unpaired) electrons. The number of aromatic nitrogens is 1. The summed E-state index contributed by atoms with van der Waals surface area (Å²) in [5, 5.41) is 1.95. The first-order valence-corrected chi connectivity index (χ1v) is 6.16. The molecular weight excluding hydrogens is 238 g/mol. The van der Waals surface area contributed by atoms with Crippen molar-refractivity contribution in [3.63, 3.8) is 0 Å². The van der Waals surface area contributed by atoms with E-state index in [9.17, 15) is 9.59 Å². The number of hydrogen-bond donors (Lipinski definition) is 2. The lowest BCUT2D eigenvalue weighted by molar-refractivity contribution is -0.116. The van der Waals surface area contributed by atoms with Gasteiger partial charge >= 0.3 is 0 Å². The van der Waals surface area contributed by atoms with Crippen LogP contribution in [0.5, 0.6) is 0 Å². The molecule has 0 aliphatic carbocycles. The van der Waals surface area contributed by atoms with Gasteiger partial charge in [-0.3, -0.25) is 14.5 Å². The van der Waals surface area contributed by atoms with E-state index in [1.54, 1.807) is 17.4 Å². The van der Waals surface area contributed by atoms with E-state index in [1.165, 1.54) is 0 Å². The number of nitrogens with two attached hydrogens (primary N) is 1. The predicted molar refractivity (Wildman–Crippen MR) is 66.9 cm³/mol. The Morgan fingerprint density at radius 2 is 2.41 bits per heavy atom. The van der Waals surface area contributed by atoms with E-state index >= 15 is 0 Å². The maximum Gasteiger partial charge on any atom is 0.276 e. The lowest BCUT2D eigenvalue weighted by Crippen LogP contribution is -2.31. The first-order valence-electron chi connectivity index (χ1n) is 5.29. The molecule has 0 fully saturated rings. The standard InChI is InChI=1S/C11H13N3O2S/c12-3-1-4-14(7-15)11(16)9-6-10-8(13-9)2-5-17-10/h2,5-7,13H,1,3-4,12H2. The molecule has 0 saturated carbocycles. The number of carbonyl (C=O) groups is 2. The third kappa shape index (κ3) is 2.37. The maximum atomic E-state index is 12.0. The first-order chi connectivity index (χ1) is 8.26. The Hall–Kier alpha value is -1.66. The molecule has 90 valence electrons. The number of nitrogens with zero attached hydrogens (tertiary/aromatic N) is 1. The van der Waals surface area contributed by atoms with Gasteiger partial charge in [-0.15, -0.1) is 11.3 Å². The molecule has 0 aromatic carbocycles. The molecule has 2 heterocycles. The summed E-state index contributed by atoms with van der Waals surface area (Å²) in [6.07, 6.45) is 1.16. The van der Waals surface area contributed by atoms with Gasteiger partial charge in [0.05, 0.1) is 10.2 Å². The maximum absolute atomic E-state index is 12.0. The topological polar surface area (TPSA) is 79.2 Å². The predicted octanol–water partition coefficient (Wildman–Crippen LogP) is 1.18. The highest BCUT2D eigenvalue weighted by molar-refractivity contribution is 7.17. The second-order valence-corrected chi connectivity index (χ2v) is 4.58. The monoisotopic (exact) mass is 251 g/mol. The third-order valence-electron chi connectivity index (χ3n) is 2.46. The van der Waals surface area contributed by atoms with Crippen molar-refractivity contribution in [2.24, 2.45) is 5.73 Å². The Balaban J connectivity index is 2.17. The van der Waals surface area contributed by atoms with E-state index in [0.717, 1.165) is 15.1 Å². The van der Waals surface area contributed by atoms with Gasteiger partial charge in [0.15, 0.2) is 0 Å². The van der Waals surface area contributed by atoms with Gasteiger partial charge in [0, 0.05) is 6.54 Å². The number of imide groups is 1. The normalized spacial score (nSPS) is 10.6. The second kappa shape index (κ2) is 5.11. The highest BCUT2D eigenvalue weighted by Crippen LogP contribution is 2.21. The summed E-state index contributed by atoms with van der Waals surface area (Å²) in [7, 11) is 0. The zero-order valence-electron chi connectivity index (χ0n) is 9.18. The second-order valence-electron chi connectivity index (χ2n) is 3.63. The van der Waals surface area contributed by atoms with Gasteiger partial charge < -0.3 is 10.7 Å². The molecule has 5 nitrogen and oxygen atoms in total. The molecule has 0 aliphatic heterocycles. The van der Waals surface area contributed by atoms with Crippen LogP contribution in [0.15, 0.2) is 17.5 Å². The van der Waals surface area contributed by atoms with Gasteiger partial charge in [-0.2, -0.15) is 0 Å². The van der Waals surface area contributed by atoms with Gasteiger partial charge in [0.2, 0.25) is 6.41 Å². The van der Waals surface area contributed by atoms with Crippen LogP contribution in [-0.4, -0.2) is 35.3 Å². The number of nitrogens with one attached hydrogen (secondary N) is 1. The minimum absolute atomic E-state index is 0.308. The fraction of sp³-hybridized carbons (Fsp3) is 0.273. The number of aromatic amines is 1. The Morgan fingerprint density at radius 3 is 3.06 bits per heavy atom. The van der Waals surface area contributed by atoms with Crippen molar-refractivity contribution in [2.75, 3.05) is 13.1 Å². The molecule has 0 saturated heterocycles. The number of carbonyl (C=O) groups excluding carboxylic acids is 2. The van der Waals surface area contributed by atoms with Gasteiger partial charge in [-0.1, -0.05) is 0 Å². The molecule has 0 atom stereocenters. The average Bonchev–Trinajstić information content (AvgIpc) is 2.89. The summed E-state index contributed by atoms with van der Waals surface area (Å²) in [5.74, 6) is -0.308. The van der Waals surface area contributed by atoms with Gasteiger partial charge in [0.25, 0.3) is 5.91 Å². The van der Waals surface area contributed by atoms with Crippen molar-refractivity contribution in [2.45, 2.75) is 6.42 Å². The highest BCUT2D eigenvalue weighted by Gasteiger charge is 2.16. The lowest BCUT2D eigenvalue weighted by Gasteiger charge is -2.13. The third-order valence-corrected chi connectivity index (χ3v) is 3.33. The van der Waals surface area contributed by atoms with Gasteiger partial charge in [-0.05, 0) is 30.5 Å². The first kappa shape index (κ1) is 11.8. The Kier molecular flexibility index (Phi) is 3.55. The summed E-state index contributed by atoms with van der Waals surface area (Å²) in [5.41, 5.74) is 6.72. The summed E-state index contributed by atoms with van der Waals surface area (Å²) in [6, 6.07) is 3.67. The van der Waals surface area contributed by atoms with Crippen LogP contribution in [0.4, 0.5) is 0 Å². The molecule has 0 aliphatic rings. The lowest BCUT2D eigenvalue weighted by atomic mass is 10.3. The SMILES string of the molecule is NCCCN(C=O)C(=O)c1cc2sccc2[nH]1. The number of H-pyrrole nitrogens is 1. The van der Waals surface area contributed by atoms with E-state index in [0.29, 0.717) is 31.6 Å². The van der Waals surface area contributed by atoms with Crippen molar-refractivity contribution in [1.82, 2.24) is 9.88 Å². The zero-order chi connectivity index (χ0) is 12.3. The van der Waals surface area contributed by atoms with Crippen LogP contribution in [0.25, 0.3) is 10.2 Å². The molecule has 0 bridgehead atoms. The van der Waals surface area contributed by atoms with Crippen LogP contribution < -0.4 is 5.73 Å². The van der Waals surface area contributed by atoms with Crippen molar-refractivity contribution < 1.29 is 9.59 Å². The van der Waals surface area contributed by atoms with E-state index in [4.69, 9.17) is 5.73 Å². The van der Waals surface area contributed by atoms with Crippen LogP contribution in [0.3, 0.4) is 0 Å². The smallest absolute Gasteiger partial charge is 0.276 e. The van der Waals surface area contributed by atoms with Crippen molar-refractivity contribution in [3.8, 4) is 0 Å². The Labute approximate surface area is 102 Å². The van der Waals surface area contributed by atoms with Crippen LogP contribution in [0, 0.1) is 0 Å².